The van der Waals surface area contributed by atoms with Gasteiger partial charge in [-0.05, 0) is 5.56 Å². The Hall–Kier alpha value is -2.11. The van der Waals surface area contributed by atoms with Crippen LogP contribution in [0.2, 0.25) is 0 Å². The van der Waals surface area contributed by atoms with Crippen LogP contribution in [0.4, 0.5) is 0 Å². The zero-order chi connectivity index (χ0) is 13.9. The molecule has 0 fully saturated rings. The van der Waals surface area contributed by atoms with Crippen molar-refractivity contribution in [3.63, 3.8) is 0 Å². The Labute approximate surface area is 115 Å². The number of hydrogen-bond donors (Lipinski definition) is 0. The summed E-state index contributed by atoms with van der Waals surface area (Å²) in [7, 11) is 1.70. The third-order valence-corrected chi connectivity index (χ3v) is 2.63. The van der Waals surface area contributed by atoms with E-state index >= 15 is 0 Å². The molecule has 1 atom stereocenters. The molecule has 0 N–H and O–H groups in total. The second-order valence-corrected chi connectivity index (χ2v) is 4.13. The second kappa shape index (κ2) is 8.91. The van der Waals surface area contributed by atoms with E-state index < -0.39 is 0 Å². The average Bonchev–Trinajstić information content (AvgIpc) is 2.49. The maximum atomic E-state index is 6.77. The van der Waals surface area contributed by atoms with Crippen molar-refractivity contribution in [2.75, 3.05) is 7.11 Å². The van der Waals surface area contributed by atoms with Gasteiger partial charge in [0.05, 0.1) is 6.61 Å². The Kier molecular flexibility index (Phi) is 7.01. The van der Waals surface area contributed by atoms with Crippen LogP contribution in [-0.2, 0) is 11.3 Å². The van der Waals surface area contributed by atoms with Crippen molar-refractivity contribution in [1.29, 1.82) is 0 Å². The Morgan fingerprint density at radius 3 is 2.00 bits per heavy atom. The number of benzene rings is 2. The van der Waals surface area contributed by atoms with E-state index in [0.717, 1.165) is 5.56 Å². The first kappa shape index (κ1) is 14.9. The number of hydrogen-bond acceptors (Lipinski definition) is 1. The minimum Gasteiger partial charge on any atom is -0.380 e. The minimum atomic E-state index is 0.00111. The summed E-state index contributed by atoms with van der Waals surface area (Å²) in [6, 6.07) is 19.9. The summed E-state index contributed by atoms with van der Waals surface area (Å²) >= 11 is 0. The highest BCUT2D eigenvalue weighted by Crippen LogP contribution is 2.14. The van der Waals surface area contributed by atoms with Gasteiger partial charge in [0.1, 0.15) is 0 Å². The highest BCUT2D eigenvalue weighted by molar-refractivity contribution is 5.20. The summed E-state index contributed by atoms with van der Waals surface area (Å²) in [6.45, 7) is 9.39. The first-order chi connectivity index (χ1) is 9.27. The van der Waals surface area contributed by atoms with E-state index in [1.165, 1.54) is 5.56 Å². The molecule has 0 heterocycles. The lowest BCUT2D eigenvalue weighted by atomic mass is 10.1. The van der Waals surface area contributed by atoms with Gasteiger partial charge < -0.3 is 9.58 Å². The predicted octanol–water partition coefficient (Wildman–Crippen LogP) is 4.50. The highest BCUT2D eigenvalue weighted by atomic mass is 16.5. The Bertz CT molecular complexity index is 488. The van der Waals surface area contributed by atoms with Crippen LogP contribution in [-0.4, -0.2) is 7.11 Å². The van der Waals surface area contributed by atoms with Crippen LogP contribution in [0.1, 0.15) is 24.1 Å². The van der Waals surface area contributed by atoms with Gasteiger partial charge >= 0.3 is 0 Å². The standard InChI is InChI=1S/C9H9N.C8H10O/c1-8(10-2)9-6-4-3-5-7-9;1-9-7-8-5-3-2-4-6-8/h3-8H,1H3;2-6H,7H2,1H3. The monoisotopic (exact) mass is 253 g/mol. The molecule has 0 saturated carbocycles. The van der Waals surface area contributed by atoms with Gasteiger partial charge in [-0.2, -0.15) is 0 Å². The van der Waals surface area contributed by atoms with E-state index in [0.29, 0.717) is 6.61 Å². The van der Waals surface area contributed by atoms with E-state index in [-0.39, 0.29) is 6.04 Å². The largest absolute Gasteiger partial charge is 0.380 e. The summed E-state index contributed by atoms with van der Waals surface area (Å²) in [6.07, 6.45) is 0. The molecule has 2 aromatic carbocycles. The van der Waals surface area contributed by atoms with Crippen molar-refractivity contribution < 1.29 is 4.74 Å². The molecule has 1 unspecified atom stereocenters. The fraction of sp³-hybridized carbons (Fsp3) is 0.235. The van der Waals surface area contributed by atoms with Gasteiger partial charge in [0.2, 0.25) is 6.04 Å². The molecule has 0 radical (unpaired) electrons. The molecule has 0 aliphatic carbocycles. The average molecular weight is 253 g/mol. The second-order valence-electron chi connectivity index (χ2n) is 4.13. The summed E-state index contributed by atoms with van der Waals surface area (Å²) in [5.74, 6) is 0. The normalized spacial score (nSPS) is 10.8. The molecule has 2 aromatic rings. The van der Waals surface area contributed by atoms with E-state index in [1.807, 2.05) is 67.6 Å². The fourth-order valence-electron chi connectivity index (χ4n) is 1.55. The van der Waals surface area contributed by atoms with E-state index in [2.05, 4.69) is 4.85 Å². The third-order valence-electron chi connectivity index (χ3n) is 2.63. The minimum absolute atomic E-state index is 0.00111. The van der Waals surface area contributed by atoms with E-state index in [9.17, 15) is 0 Å². The maximum Gasteiger partial charge on any atom is 0.245 e. The van der Waals surface area contributed by atoms with Crippen LogP contribution in [0.3, 0.4) is 0 Å². The van der Waals surface area contributed by atoms with Crippen molar-refractivity contribution in [1.82, 2.24) is 0 Å². The molecule has 0 bridgehead atoms. The van der Waals surface area contributed by atoms with Crippen LogP contribution in [0.25, 0.3) is 4.85 Å². The molecular formula is C17H19NO. The molecule has 0 amide bonds. The summed E-state index contributed by atoms with van der Waals surface area (Å²) < 4.78 is 4.93. The van der Waals surface area contributed by atoms with Gasteiger partial charge in [-0.3, -0.25) is 0 Å². The molecule has 98 valence electrons. The van der Waals surface area contributed by atoms with Crippen LogP contribution >= 0.6 is 0 Å². The summed E-state index contributed by atoms with van der Waals surface area (Å²) in [4.78, 5) is 3.41. The first-order valence-corrected chi connectivity index (χ1v) is 6.22. The zero-order valence-electron chi connectivity index (χ0n) is 11.4. The third kappa shape index (κ3) is 5.85. The van der Waals surface area contributed by atoms with Crippen LogP contribution < -0.4 is 0 Å². The molecule has 0 spiro atoms. The molecular weight excluding hydrogens is 234 g/mol. The summed E-state index contributed by atoms with van der Waals surface area (Å²) in [5.41, 5.74) is 2.32. The lowest BCUT2D eigenvalue weighted by Crippen LogP contribution is -1.84. The lowest BCUT2D eigenvalue weighted by molar-refractivity contribution is 0.185. The number of rotatable bonds is 3. The smallest absolute Gasteiger partial charge is 0.245 e. The topological polar surface area (TPSA) is 13.6 Å². The molecule has 2 nitrogen and oxygen atoms in total. The Morgan fingerprint density at radius 1 is 1.00 bits per heavy atom. The Balaban J connectivity index is 0.000000191. The Morgan fingerprint density at radius 2 is 1.53 bits per heavy atom. The number of methoxy groups -OCH3 is 1. The number of ether oxygens (including phenoxy) is 1. The van der Waals surface area contributed by atoms with Crippen LogP contribution in [0.15, 0.2) is 60.7 Å². The number of nitrogens with zero attached hydrogens (tertiary/aromatic N) is 1. The molecule has 0 aliphatic rings. The molecule has 2 heteroatoms. The highest BCUT2D eigenvalue weighted by Gasteiger charge is 2.04. The SMILES string of the molecule is COCc1ccccc1.[C-]#[N+]C(C)c1ccccc1. The first-order valence-electron chi connectivity index (χ1n) is 6.22. The van der Waals surface area contributed by atoms with Crippen molar-refractivity contribution in [3.05, 3.63) is 83.2 Å². The van der Waals surface area contributed by atoms with E-state index in [1.54, 1.807) is 7.11 Å². The zero-order valence-corrected chi connectivity index (χ0v) is 11.4. The molecule has 0 aromatic heterocycles. The molecule has 0 saturated heterocycles. The van der Waals surface area contributed by atoms with Crippen molar-refractivity contribution >= 4 is 0 Å². The van der Waals surface area contributed by atoms with Gasteiger partial charge in [-0.25, -0.2) is 6.57 Å². The summed E-state index contributed by atoms with van der Waals surface area (Å²) in [5, 5.41) is 0. The lowest BCUT2D eigenvalue weighted by Gasteiger charge is -1.95. The van der Waals surface area contributed by atoms with E-state index in [4.69, 9.17) is 11.3 Å². The van der Waals surface area contributed by atoms with Gasteiger partial charge in [0.25, 0.3) is 0 Å². The maximum absolute atomic E-state index is 6.77. The van der Waals surface area contributed by atoms with Gasteiger partial charge in [-0.15, -0.1) is 0 Å². The van der Waals surface area contributed by atoms with Crippen LogP contribution in [0.5, 0.6) is 0 Å². The molecule has 2 rings (SSSR count). The van der Waals surface area contributed by atoms with Crippen molar-refractivity contribution in [2.24, 2.45) is 0 Å². The predicted molar refractivity (Wildman–Crippen MR) is 78.6 cm³/mol. The quantitative estimate of drug-likeness (QED) is 0.734. The van der Waals surface area contributed by atoms with Crippen molar-refractivity contribution in [2.45, 2.75) is 19.6 Å². The van der Waals surface area contributed by atoms with Crippen molar-refractivity contribution in [3.8, 4) is 0 Å². The molecule has 19 heavy (non-hydrogen) atoms. The van der Waals surface area contributed by atoms with Gasteiger partial charge in [-0.1, -0.05) is 60.7 Å². The molecule has 0 aliphatic heterocycles. The van der Waals surface area contributed by atoms with Gasteiger partial charge in [0.15, 0.2) is 0 Å². The fourth-order valence-corrected chi connectivity index (χ4v) is 1.55. The van der Waals surface area contributed by atoms with Crippen LogP contribution in [0, 0.1) is 6.57 Å². The van der Waals surface area contributed by atoms with Gasteiger partial charge in [0, 0.05) is 19.6 Å².